The fourth-order valence-corrected chi connectivity index (χ4v) is 3.15. The molecule has 3 heteroatoms. The van der Waals surface area contributed by atoms with Crippen molar-refractivity contribution in [3.63, 3.8) is 0 Å². The highest BCUT2D eigenvalue weighted by Gasteiger charge is 2.18. The number of aryl methyl sites for hydroxylation is 2. The lowest BCUT2D eigenvalue weighted by Gasteiger charge is -2.25. The quantitative estimate of drug-likeness (QED) is 0.789. The van der Waals surface area contributed by atoms with Crippen molar-refractivity contribution in [3.8, 4) is 6.07 Å². The molecular formula is C18H21N3. The Labute approximate surface area is 126 Å². The van der Waals surface area contributed by atoms with Crippen LogP contribution in [0.1, 0.15) is 42.4 Å². The molecule has 1 fully saturated rings. The second kappa shape index (κ2) is 5.73. The molecule has 1 aliphatic heterocycles. The van der Waals surface area contributed by atoms with Crippen LogP contribution < -0.4 is 4.90 Å². The van der Waals surface area contributed by atoms with E-state index in [9.17, 15) is 5.26 Å². The molecule has 0 bridgehead atoms. The van der Waals surface area contributed by atoms with Gasteiger partial charge in [0.25, 0.3) is 0 Å². The molecule has 1 aromatic heterocycles. The summed E-state index contributed by atoms with van der Waals surface area (Å²) in [6.45, 7) is 6.32. The van der Waals surface area contributed by atoms with Gasteiger partial charge in [0.15, 0.2) is 0 Å². The highest BCUT2D eigenvalue weighted by atomic mass is 15.1. The molecule has 0 atom stereocenters. The molecule has 0 spiro atoms. The minimum atomic E-state index is 0.702. The highest BCUT2D eigenvalue weighted by Crippen LogP contribution is 2.32. The lowest BCUT2D eigenvalue weighted by atomic mass is 10.0. The Kier molecular flexibility index (Phi) is 3.79. The molecule has 108 valence electrons. The van der Waals surface area contributed by atoms with Gasteiger partial charge in [-0.25, -0.2) is 0 Å². The van der Waals surface area contributed by atoms with E-state index in [1.807, 2.05) is 0 Å². The zero-order valence-corrected chi connectivity index (χ0v) is 12.8. The lowest BCUT2D eigenvalue weighted by molar-refractivity contribution is 0.726. The summed E-state index contributed by atoms with van der Waals surface area (Å²) in [6.07, 6.45) is 6.73. The van der Waals surface area contributed by atoms with Crippen LogP contribution in [-0.4, -0.2) is 18.1 Å². The molecule has 0 aliphatic carbocycles. The average Bonchev–Trinajstić information content (AvgIpc) is 2.76. The number of aromatic nitrogens is 1. The molecule has 0 unspecified atom stereocenters. The van der Waals surface area contributed by atoms with Crippen LogP contribution in [0, 0.1) is 25.2 Å². The summed E-state index contributed by atoms with van der Waals surface area (Å²) in [5.74, 6) is 0. The van der Waals surface area contributed by atoms with Gasteiger partial charge in [-0.15, -0.1) is 0 Å². The number of nitrogens with zero attached hydrogens (tertiary/aromatic N) is 3. The zero-order chi connectivity index (χ0) is 14.8. The lowest BCUT2D eigenvalue weighted by Crippen LogP contribution is -2.25. The van der Waals surface area contributed by atoms with Crippen molar-refractivity contribution >= 4 is 16.6 Å². The Morgan fingerprint density at radius 3 is 2.38 bits per heavy atom. The first-order chi connectivity index (χ1) is 10.2. The van der Waals surface area contributed by atoms with Gasteiger partial charge in [0.2, 0.25) is 0 Å². The van der Waals surface area contributed by atoms with Gasteiger partial charge in [-0.2, -0.15) is 5.26 Å². The second-order valence-electron chi connectivity index (χ2n) is 5.99. The first kappa shape index (κ1) is 13.9. The number of benzene rings is 1. The summed E-state index contributed by atoms with van der Waals surface area (Å²) in [7, 11) is 0. The number of hydrogen-bond acceptors (Lipinski definition) is 3. The summed E-state index contributed by atoms with van der Waals surface area (Å²) in [6, 6.07) is 6.66. The van der Waals surface area contributed by atoms with E-state index in [1.165, 1.54) is 36.8 Å². The van der Waals surface area contributed by atoms with E-state index >= 15 is 0 Å². The van der Waals surface area contributed by atoms with E-state index in [4.69, 9.17) is 0 Å². The summed E-state index contributed by atoms with van der Waals surface area (Å²) >= 11 is 0. The maximum absolute atomic E-state index is 9.49. The Hall–Kier alpha value is -2.08. The van der Waals surface area contributed by atoms with Gasteiger partial charge in [0.05, 0.1) is 16.8 Å². The maximum Gasteiger partial charge on any atom is 0.103 e. The first-order valence-corrected chi connectivity index (χ1v) is 7.75. The van der Waals surface area contributed by atoms with Crippen LogP contribution in [0.25, 0.3) is 10.9 Å². The molecule has 1 saturated heterocycles. The van der Waals surface area contributed by atoms with E-state index in [0.717, 1.165) is 29.7 Å². The molecule has 0 saturated carbocycles. The molecule has 0 radical (unpaired) electrons. The van der Waals surface area contributed by atoms with Crippen molar-refractivity contribution in [2.24, 2.45) is 0 Å². The summed E-state index contributed by atoms with van der Waals surface area (Å²) in [4.78, 5) is 6.88. The predicted octanol–water partition coefficient (Wildman–Crippen LogP) is 4.10. The molecule has 21 heavy (non-hydrogen) atoms. The van der Waals surface area contributed by atoms with Crippen molar-refractivity contribution in [2.45, 2.75) is 39.5 Å². The molecule has 1 aliphatic rings. The molecule has 2 aromatic rings. The van der Waals surface area contributed by atoms with Crippen molar-refractivity contribution in [1.29, 1.82) is 5.26 Å². The average molecular weight is 279 g/mol. The summed E-state index contributed by atoms with van der Waals surface area (Å²) < 4.78 is 0. The van der Waals surface area contributed by atoms with Crippen molar-refractivity contribution in [2.75, 3.05) is 18.0 Å². The van der Waals surface area contributed by atoms with Gasteiger partial charge in [-0.05, 0) is 49.9 Å². The number of anilines is 1. The number of pyridine rings is 1. The van der Waals surface area contributed by atoms with Crippen LogP contribution in [0.2, 0.25) is 0 Å². The Morgan fingerprint density at radius 1 is 1.05 bits per heavy atom. The van der Waals surface area contributed by atoms with Gasteiger partial charge in [-0.3, -0.25) is 4.98 Å². The zero-order valence-electron chi connectivity index (χ0n) is 12.8. The topological polar surface area (TPSA) is 39.9 Å². The fraction of sp³-hybridized carbons (Fsp3) is 0.444. The van der Waals surface area contributed by atoms with Crippen LogP contribution in [0.4, 0.5) is 5.69 Å². The Bertz CT molecular complexity index is 704. The molecule has 0 amide bonds. The molecule has 3 rings (SSSR count). The standard InChI is InChI=1S/C18H21N3/c1-13-9-16-17(10-14(13)2)20-12-15(11-19)18(16)21-7-5-3-4-6-8-21/h9-10,12H,3-8H2,1-2H3. The number of rotatable bonds is 1. The highest BCUT2D eigenvalue weighted by molar-refractivity contribution is 5.95. The Balaban J connectivity index is 2.22. The smallest absolute Gasteiger partial charge is 0.103 e. The predicted molar refractivity (Wildman–Crippen MR) is 86.6 cm³/mol. The number of hydrogen-bond donors (Lipinski definition) is 0. The summed E-state index contributed by atoms with van der Waals surface area (Å²) in [5.41, 5.74) is 5.30. The van der Waals surface area contributed by atoms with E-state index in [0.29, 0.717) is 5.56 Å². The minimum Gasteiger partial charge on any atom is -0.370 e. The third-order valence-corrected chi connectivity index (χ3v) is 4.50. The third-order valence-electron chi connectivity index (χ3n) is 4.50. The molecular weight excluding hydrogens is 258 g/mol. The third kappa shape index (κ3) is 2.58. The SMILES string of the molecule is Cc1cc2ncc(C#N)c(N3CCCCCC3)c2cc1C. The first-order valence-electron chi connectivity index (χ1n) is 7.75. The number of fused-ring (bicyclic) bond motifs is 1. The van der Waals surface area contributed by atoms with Crippen LogP contribution in [0.5, 0.6) is 0 Å². The van der Waals surface area contributed by atoms with Gasteiger partial charge in [0, 0.05) is 24.7 Å². The molecule has 2 heterocycles. The van der Waals surface area contributed by atoms with Gasteiger partial charge >= 0.3 is 0 Å². The van der Waals surface area contributed by atoms with Gasteiger partial charge in [0.1, 0.15) is 6.07 Å². The van der Waals surface area contributed by atoms with Crippen LogP contribution in [0.3, 0.4) is 0 Å². The van der Waals surface area contributed by atoms with Crippen LogP contribution in [-0.2, 0) is 0 Å². The molecule has 1 aromatic carbocycles. The van der Waals surface area contributed by atoms with Crippen LogP contribution in [0.15, 0.2) is 18.3 Å². The van der Waals surface area contributed by atoms with Gasteiger partial charge < -0.3 is 4.90 Å². The fourth-order valence-electron chi connectivity index (χ4n) is 3.15. The molecule has 0 N–H and O–H groups in total. The Morgan fingerprint density at radius 2 is 1.71 bits per heavy atom. The largest absolute Gasteiger partial charge is 0.370 e. The minimum absolute atomic E-state index is 0.702. The van der Waals surface area contributed by atoms with Crippen LogP contribution >= 0.6 is 0 Å². The van der Waals surface area contributed by atoms with Crippen molar-refractivity contribution in [3.05, 3.63) is 35.0 Å². The van der Waals surface area contributed by atoms with E-state index in [-0.39, 0.29) is 0 Å². The van der Waals surface area contributed by atoms with E-state index in [1.54, 1.807) is 6.20 Å². The normalized spacial score (nSPS) is 15.8. The second-order valence-corrected chi connectivity index (χ2v) is 5.99. The maximum atomic E-state index is 9.49. The van der Waals surface area contributed by atoms with Crippen molar-refractivity contribution in [1.82, 2.24) is 4.98 Å². The van der Waals surface area contributed by atoms with Crippen molar-refractivity contribution < 1.29 is 0 Å². The monoisotopic (exact) mass is 279 g/mol. The van der Waals surface area contributed by atoms with E-state index < -0.39 is 0 Å². The summed E-state index contributed by atoms with van der Waals surface area (Å²) in [5, 5.41) is 10.6. The number of nitriles is 1. The van der Waals surface area contributed by atoms with E-state index in [2.05, 4.69) is 41.9 Å². The van der Waals surface area contributed by atoms with Gasteiger partial charge in [-0.1, -0.05) is 12.8 Å². The molecule has 3 nitrogen and oxygen atoms in total.